The molecule has 1 N–H and O–H groups in total. The maximum Gasteiger partial charge on any atom is 0.271 e. The molecule has 170 valence electrons. The van der Waals surface area contributed by atoms with E-state index in [2.05, 4.69) is 5.32 Å². The van der Waals surface area contributed by atoms with Crippen molar-refractivity contribution >= 4 is 38.9 Å². The van der Waals surface area contributed by atoms with Crippen LogP contribution in [0.15, 0.2) is 42.5 Å². The van der Waals surface area contributed by atoms with Gasteiger partial charge < -0.3 is 10.2 Å². The highest BCUT2D eigenvalue weighted by Gasteiger charge is 2.25. The zero-order valence-corrected chi connectivity index (χ0v) is 18.6. The summed E-state index contributed by atoms with van der Waals surface area (Å²) in [5.74, 6) is -0.508. The fraction of sp³-hybridized carbons (Fsp3) is 0.333. The van der Waals surface area contributed by atoms with Crippen molar-refractivity contribution in [2.45, 2.75) is 26.3 Å². The lowest BCUT2D eigenvalue weighted by Crippen LogP contribution is -2.40. The normalized spacial score (nSPS) is 13.8. The molecule has 0 aromatic heterocycles. The second-order valence-corrected chi connectivity index (χ2v) is 9.50. The Morgan fingerprint density at radius 1 is 1.25 bits per heavy atom. The molecule has 1 aliphatic rings. The van der Waals surface area contributed by atoms with Crippen molar-refractivity contribution in [1.29, 1.82) is 0 Å². The number of aryl methyl sites for hydroxylation is 1. The van der Waals surface area contributed by atoms with E-state index in [-0.39, 0.29) is 23.8 Å². The first-order chi connectivity index (χ1) is 15.1. The van der Waals surface area contributed by atoms with Crippen molar-refractivity contribution in [3.63, 3.8) is 0 Å². The molecular formula is C21H24N4O6S. The summed E-state index contributed by atoms with van der Waals surface area (Å²) in [7, 11) is -3.88. The van der Waals surface area contributed by atoms with E-state index in [0.29, 0.717) is 18.5 Å². The summed E-state index contributed by atoms with van der Waals surface area (Å²) in [4.78, 5) is 36.7. The van der Waals surface area contributed by atoms with Gasteiger partial charge in [0.1, 0.15) is 6.54 Å². The van der Waals surface area contributed by atoms with Gasteiger partial charge >= 0.3 is 0 Å². The van der Waals surface area contributed by atoms with Gasteiger partial charge in [-0.05, 0) is 36.6 Å². The Morgan fingerprint density at radius 2 is 2.00 bits per heavy atom. The van der Waals surface area contributed by atoms with Gasteiger partial charge in [0.25, 0.3) is 5.69 Å². The molecule has 0 bridgehead atoms. The number of nitro groups is 1. The monoisotopic (exact) mass is 460 g/mol. The summed E-state index contributed by atoms with van der Waals surface area (Å²) in [5, 5.41) is 13.8. The number of anilines is 2. The van der Waals surface area contributed by atoms with Crippen LogP contribution < -0.4 is 14.5 Å². The predicted molar refractivity (Wildman–Crippen MR) is 120 cm³/mol. The largest absolute Gasteiger partial charge is 0.350 e. The van der Waals surface area contributed by atoms with Gasteiger partial charge in [-0.2, -0.15) is 0 Å². The lowest BCUT2D eigenvalue weighted by atomic mass is 10.1. The Bertz CT molecular complexity index is 1160. The molecule has 3 rings (SSSR count). The van der Waals surface area contributed by atoms with E-state index < -0.39 is 27.4 Å². The number of non-ortho nitro benzene ring substituents is 1. The first-order valence-corrected chi connectivity index (χ1v) is 11.8. The molecule has 1 saturated heterocycles. The molecular weight excluding hydrogens is 436 g/mol. The molecule has 2 aromatic rings. The van der Waals surface area contributed by atoms with Crippen molar-refractivity contribution in [2.75, 3.05) is 28.6 Å². The summed E-state index contributed by atoms with van der Waals surface area (Å²) in [6, 6.07) is 11.1. The third-order valence-corrected chi connectivity index (χ3v) is 6.27. The molecule has 0 spiro atoms. The average molecular weight is 461 g/mol. The Morgan fingerprint density at radius 3 is 2.62 bits per heavy atom. The van der Waals surface area contributed by atoms with Crippen LogP contribution in [-0.2, 0) is 26.2 Å². The Hall–Kier alpha value is -3.47. The van der Waals surface area contributed by atoms with E-state index >= 15 is 0 Å². The summed E-state index contributed by atoms with van der Waals surface area (Å²) in [6.45, 7) is 1.88. The molecule has 0 atom stereocenters. The fourth-order valence-electron chi connectivity index (χ4n) is 3.50. The fourth-order valence-corrected chi connectivity index (χ4v) is 4.41. The lowest BCUT2D eigenvalue weighted by molar-refractivity contribution is -0.384. The number of nitrogens with zero attached hydrogens (tertiary/aromatic N) is 3. The van der Waals surface area contributed by atoms with Crippen LogP contribution in [0.5, 0.6) is 0 Å². The molecule has 1 aliphatic heterocycles. The molecule has 2 amide bonds. The van der Waals surface area contributed by atoms with E-state index in [1.165, 1.54) is 12.1 Å². The zero-order chi connectivity index (χ0) is 23.5. The lowest BCUT2D eigenvalue weighted by Gasteiger charge is -2.23. The molecule has 1 fully saturated rings. The van der Waals surface area contributed by atoms with Crippen molar-refractivity contribution in [2.24, 2.45) is 0 Å². The van der Waals surface area contributed by atoms with E-state index in [9.17, 15) is 28.1 Å². The molecule has 0 aliphatic carbocycles. The number of rotatable bonds is 8. The maximum atomic E-state index is 12.6. The summed E-state index contributed by atoms with van der Waals surface area (Å²) in [6.07, 6.45) is 2.26. The smallest absolute Gasteiger partial charge is 0.271 e. The van der Waals surface area contributed by atoms with Gasteiger partial charge in [0.05, 0.1) is 16.9 Å². The third kappa shape index (κ3) is 5.41. The molecule has 1 heterocycles. The van der Waals surface area contributed by atoms with Crippen LogP contribution in [0.4, 0.5) is 17.1 Å². The van der Waals surface area contributed by atoms with Crippen molar-refractivity contribution in [1.82, 2.24) is 5.32 Å². The molecule has 10 nitrogen and oxygen atoms in total. The van der Waals surface area contributed by atoms with Gasteiger partial charge in [0.15, 0.2) is 0 Å². The average Bonchev–Trinajstić information content (AvgIpc) is 3.16. The Labute approximate surface area is 186 Å². The highest BCUT2D eigenvalue weighted by Crippen LogP contribution is 2.27. The second kappa shape index (κ2) is 9.35. The molecule has 11 heteroatoms. The van der Waals surface area contributed by atoms with Crippen LogP contribution in [0.3, 0.4) is 0 Å². The molecule has 32 heavy (non-hydrogen) atoms. The number of carbonyl (C=O) groups is 2. The standard InChI is InChI=1S/C21H24N4O6S/c1-15-8-9-18(25(28)29)12-19(15)24(32(2,30)31)14-20(26)22-13-16-5-3-6-17(11-16)23-10-4-7-21(23)27/h3,5-6,8-9,11-12H,4,7,10,13-14H2,1-2H3,(H,22,26). The zero-order valence-electron chi connectivity index (χ0n) is 17.8. The number of sulfonamides is 1. The second-order valence-electron chi connectivity index (χ2n) is 7.59. The number of hydrogen-bond donors (Lipinski definition) is 1. The topological polar surface area (TPSA) is 130 Å². The minimum absolute atomic E-state index is 0.0577. The summed E-state index contributed by atoms with van der Waals surface area (Å²) >= 11 is 0. The maximum absolute atomic E-state index is 12.6. The SMILES string of the molecule is Cc1ccc([N+](=O)[O-])cc1N(CC(=O)NCc1cccc(N2CCCC2=O)c1)S(C)(=O)=O. The molecule has 2 aromatic carbocycles. The van der Waals surface area contributed by atoms with Gasteiger partial charge in [0, 0.05) is 37.3 Å². The van der Waals surface area contributed by atoms with Gasteiger partial charge in [-0.3, -0.25) is 24.0 Å². The van der Waals surface area contributed by atoms with Gasteiger partial charge in [-0.1, -0.05) is 18.2 Å². The molecule has 0 radical (unpaired) electrons. The number of amides is 2. The number of nitrogens with one attached hydrogen (secondary N) is 1. The van der Waals surface area contributed by atoms with Gasteiger partial charge in [-0.25, -0.2) is 8.42 Å². The first-order valence-electron chi connectivity index (χ1n) is 9.95. The first kappa shape index (κ1) is 23.2. The summed E-state index contributed by atoms with van der Waals surface area (Å²) < 4.78 is 25.5. The van der Waals surface area contributed by atoms with E-state index in [1.54, 1.807) is 24.0 Å². The highest BCUT2D eigenvalue weighted by molar-refractivity contribution is 7.92. The van der Waals surface area contributed by atoms with Crippen LogP contribution in [0.25, 0.3) is 0 Å². The van der Waals surface area contributed by atoms with Crippen molar-refractivity contribution < 1.29 is 22.9 Å². The number of nitro benzene ring substituents is 1. The number of carbonyl (C=O) groups excluding carboxylic acids is 2. The van der Waals surface area contributed by atoms with Crippen LogP contribution in [0.1, 0.15) is 24.0 Å². The van der Waals surface area contributed by atoms with Crippen molar-refractivity contribution in [3.8, 4) is 0 Å². The van der Waals surface area contributed by atoms with Crippen molar-refractivity contribution in [3.05, 3.63) is 63.7 Å². The minimum atomic E-state index is -3.88. The highest BCUT2D eigenvalue weighted by atomic mass is 32.2. The number of benzene rings is 2. The predicted octanol–water partition coefficient (Wildman–Crippen LogP) is 2.11. The Balaban J connectivity index is 1.73. The van der Waals surface area contributed by atoms with E-state index in [1.807, 2.05) is 12.1 Å². The van der Waals surface area contributed by atoms with Gasteiger partial charge in [0.2, 0.25) is 21.8 Å². The summed E-state index contributed by atoms with van der Waals surface area (Å²) in [5.41, 5.74) is 1.80. The minimum Gasteiger partial charge on any atom is -0.350 e. The van der Waals surface area contributed by atoms with Crippen LogP contribution >= 0.6 is 0 Å². The van der Waals surface area contributed by atoms with Gasteiger partial charge in [-0.15, -0.1) is 0 Å². The number of hydrogen-bond acceptors (Lipinski definition) is 6. The third-order valence-electron chi connectivity index (χ3n) is 5.15. The van der Waals surface area contributed by atoms with E-state index in [4.69, 9.17) is 0 Å². The quantitative estimate of drug-likeness (QED) is 0.474. The molecule has 0 unspecified atom stereocenters. The molecule has 0 saturated carbocycles. The van der Waals surface area contributed by atoms with Crippen LogP contribution in [0.2, 0.25) is 0 Å². The van der Waals surface area contributed by atoms with Crippen LogP contribution in [-0.4, -0.2) is 44.5 Å². The van der Waals surface area contributed by atoms with E-state index in [0.717, 1.165) is 34.3 Å². The van der Waals surface area contributed by atoms with Crippen LogP contribution in [0, 0.1) is 17.0 Å². The Kier molecular flexibility index (Phi) is 6.78.